The molecule has 0 saturated heterocycles. The molecule has 0 N–H and O–H groups in total. The van der Waals surface area contributed by atoms with Crippen LogP contribution in [0.5, 0.6) is 0 Å². The van der Waals surface area contributed by atoms with E-state index in [1.54, 1.807) is 0 Å². The summed E-state index contributed by atoms with van der Waals surface area (Å²) in [6.07, 6.45) is 6.72. The molecule has 0 aromatic carbocycles. The molecule has 8 nitrogen and oxygen atoms in total. The second-order valence-corrected chi connectivity index (χ2v) is 30.7. The van der Waals surface area contributed by atoms with Crippen LogP contribution >= 0.6 is 0 Å². The van der Waals surface area contributed by atoms with Gasteiger partial charge in [-0.15, -0.1) is 0 Å². The Balaban J connectivity index is 9.45. The number of carbonyl (C=O) groups excluding carboxylic acids is 4. The number of rotatable bonds is 32. The van der Waals surface area contributed by atoms with Crippen molar-refractivity contribution in [3.8, 4) is 0 Å². The Bertz CT molecular complexity index is 1430. The van der Waals surface area contributed by atoms with E-state index in [0.717, 1.165) is 22.3 Å². The molecule has 0 unspecified atom stereocenters. The van der Waals surface area contributed by atoms with E-state index >= 15 is 19.2 Å². The van der Waals surface area contributed by atoms with E-state index in [4.69, 9.17) is 12.3 Å². The predicted molar refractivity (Wildman–Crippen MR) is 292 cm³/mol. The van der Waals surface area contributed by atoms with Gasteiger partial charge in [-0.25, -0.2) is 0 Å². The average Bonchev–Trinajstić information content (AvgIpc) is 3.14. The van der Waals surface area contributed by atoms with Crippen molar-refractivity contribution < 1.29 is 31.5 Å². The zero-order valence-corrected chi connectivity index (χ0v) is 52.0. The van der Waals surface area contributed by atoms with Gasteiger partial charge in [-0.2, -0.15) is 0 Å². The predicted octanol–water partition coefficient (Wildman–Crippen LogP) is 17.3. The maximum absolute atomic E-state index is 15.5. The number of hydrogen-bond acceptors (Lipinski definition) is 8. The van der Waals surface area contributed by atoms with Gasteiger partial charge in [0.2, 0.25) is 0 Å². The van der Waals surface area contributed by atoms with Crippen molar-refractivity contribution in [1.29, 1.82) is 0 Å². The molecule has 0 fully saturated rings. The fourth-order valence-electron chi connectivity index (χ4n) is 9.21. The minimum atomic E-state index is -6.73. The summed E-state index contributed by atoms with van der Waals surface area (Å²) in [5, 5.41) is 0. The van der Waals surface area contributed by atoms with Gasteiger partial charge in [0.05, 0.1) is 0 Å². The third-order valence-corrected chi connectivity index (χ3v) is 16.2. The Hall–Kier alpha value is -2.36. The summed E-state index contributed by atoms with van der Waals surface area (Å²) in [5.74, 6) is -0.940. The summed E-state index contributed by atoms with van der Waals surface area (Å²) in [6, 6.07) is 0. The van der Waals surface area contributed by atoms with E-state index in [1.807, 2.05) is 0 Å². The van der Waals surface area contributed by atoms with Crippen molar-refractivity contribution in [2.75, 3.05) is 0 Å². The van der Waals surface area contributed by atoms with Crippen LogP contribution in [0.25, 0.3) is 0 Å². The minimum absolute atomic E-state index is 0.0553. The number of allylic oxidation sites excluding steroid dienone is 4. The Morgan fingerprint density at radius 3 is 0.449 bits per heavy atom. The molecule has 0 amide bonds. The average molecular weight is 1080 g/mol. The van der Waals surface area contributed by atoms with Crippen molar-refractivity contribution >= 4 is 43.9 Å². The molecule has 0 heterocycles. The fraction of sp³-hybridized carbons (Fsp3) is 0.800. The van der Waals surface area contributed by atoms with Crippen molar-refractivity contribution in [3.63, 3.8) is 0 Å². The summed E-state index contributed by atoms with van der Waals surface area (Å²) in [7, 11) is 0. The van der Waals surface area contributed by atoms with Crippen molar-refractivity contribution in [2.24, 2.45) is 71.0 Å². The van der Waals surface area contributed by atoms with Crippen LogP contribution in [0.15, 0.2) is 44.6 Å². The first kappa shape index (κ1) is 66.6. The first-order chi connectivity index (χ1) is 31.7. The van der Waals surface area contributed by atoms with Crippen LogP contribution in [0.3, 0.4) is 0 Å². The van der Waals surface area contributed by atoms with Gasteiger partial charge in [0.1, 0.15) is 0 Å². The van der Waals surface area contributed by atoms with Crippen LogP contribution in [-0.2, 0) is 31.5 Å². The van der Waals surface area contributed by atoms with Crippen LogP contribution in [0.1, 0.15) is 243 Å². The summed E-state index contributed by atoms with van der Waals surface area (Å²) >= 11 is -6.73. The number of carbonyl (C=O) groups is 4. The van der Waals surface area contributed by atoms with E-state index in [1.165, 1.54) is 0 Å². The van der Waals surface area contributed by atoms with E-state index in [9.17, 15) is 0 Å². The Kier molecular flexibility index (Phi) is 31.5. The first-order valence-electron chi connectivity index (χ1n) is 27.4. The topological polar surface area (TPSA) is 105 Å². The van der Waals surface area contributed by atoms with Gasteiger partial charge in [-0.1, -0.05) is 0 Å². The zero-order valence-electron chi connectivity index (χ0n) is 49.2. The van der Waals surface area contributed by atoms with Gasteiger partial charge in [-0.3, -0.25) is 0 Å². The molecule has 0 rings (SSSR count). The molecule has 0 spiro atoms. The molecule has 0 aliphatic rings. The van der Waals surface area contributed by atoms with Crippen LogP contribution in [0.2, 0.25) is 0 Å². The van der Waals surface area contributed by atoms with E-state index in [2.05, 4.69) is 166 Å². The fourth-order valence-corrected chi connectivity index (χ4v) is 13.9. The molecular weight excluding hydrogens is 967 g/mol. The SMILES string of the molecule is CC(C)CC(CC(C)C)=C(CC(C)C)C(=O)[O][Sn]([O]C(=O)C(CC(C)C)=C(CC(C)C)CC(C)C)([O]C(=O)C(CC(C)C)=C(CC(C)C)CC(C)C)[O]C(=O)C(CC(C)C)=C(CC(C)C)CC(C)C. The molecule has 0 aromatic heterocycles. The van der Waals surface area contributed by atoms with Gasteiger partial charge in [-0.05, 0) is 0 Å². The second kappa shape index (κ2) is 32.7. The Morgan fingerprint density at radius 2 is 0.348 bits per heavy atom. The molecule has 0 aromatic rings. The first-order valence-corrected chi connectivity index (χ1v) is 32.1. The molecule has 0 atom stereocenters. The second-order valence-electron chi connectivity index (χ2n) is 25.6. The van der Waals surface area contributed by atoms with Gasteiger partial charge in [0.25, 0.3) is 0 Å². The number of hydrogen-bond donors (Lipinski definition) is 0. The molecule has 0 aliphatic carbocycles. The third-order valence-electron chi connectivity index (χ3n) is 11.3. The monoisotopic (exact) mass is 1080 g/mol. The van der Waals surface area contributed by atoms with Crippen LogP contribution in [-0.4, -0.2) is 43.9 Å². The summed E-state index contributed by atoms with van der Waals surface area (Å²) in [4.78, 5) is 62.1. The standard InChI is InChI=1S/4C15H28O2.Sn/c4*1-10(2)7-13(8-11(3)4)14(15(16)17)9-12(5)6;/h4*10-12H,7-9H2,1-6H3,(H,16,17);/q;;;;+4/p-4. The van der Waals surface area contributed by atoms with E-state index < -0.39 is 43.9 Å². The normalized spacial score (nSPS) is 12.2. The quantitative estimate of drug-likeness (QED) is 0.0485. The maximum atomic E-state index is 15.5. The van der Waals surface area contributed by atoms with Crippen molar-refractivity contribution in [1.82, 2.24) is 0 Å². The molecule has 9 heteroatoms. The Morgan fingerprint density at radius 1 is 0.232 bits per heavy atom. The van der Waals surface area contributed by atoms with Crippen molar-refractivity contribution in [2.45, 2.75) is 243 Å². The molecule has 69 heavy (non-hydrogen) atoms. The van der Waals surface area contributed by atoms with E-state index in [0.29, 0.717) is 99.3 Å². The van der Waals surface area contributed by atoms with Gasteiger partial charge < -0.3 is 0 Å². The third kappa shape index (κ3) is 27.9. The summed E-state index contributed by atoms with van der Waals surface area (Å²) in [5.41, 5.74) is 5.66. The summed E-state index contributed by atoms with van der Waals surface area (Å²) < 4.78 is 27.1. The molecule has 400 valence electrons. The van der Waals surface area contributed by atoms with Crippen LogP contribution < -0.4 is 0 Å². The zero-order chi connectivity index (χ0) is 53.7. The van der Waals surface area contributed by atoms with Crippen LogP contribution in [0, 0.1) is 71.0 Å². The van der Waals surface area contributed by atoms with Crippen molar-refractivity contribution in [3.05, 3.63) is 44.6 Å². The van der Waals surface area contributed by atoms with Crippen LogP contribution in [0.4, 0.5) is 0 Å². The van der Waals surface area contributed by atoms with Gasteiger partial charge in [0, 0.05) is 0 Å². The summed E-state index contributed by atoms with van der Waals surface area (Å²) in [6.45, 7) is 50.5. The van der Waals surface area contributed by atoms with Gasteiger partial charge >= 0.3 is 434 Å². The van der Waals surface area contributed by atoms with E-state index in [-0.39, 0.29) is 71.0 Å². The Labute approximate surface area is 431 Å². The molecular formula is C60H108O8Sn. The molecule has 0 radical (unpaired) electrons. The molecule has 0 aliphatic heterocycles. The molecule has 0 bridgehead atoms. The van der Waals surface area contributed by atoms with Gasteiger partial charge in [0.15, 0.2) is 0 Å². The molecule has 0 saturated carbocycles.